The number of para-hydroxylation sites is 1. The minimum atomic E-state index is -0.241. The van der Waals surface area contributed by atoms with Crippen LogP contribution in [0.5, 0.6) is 0 Å². The lowest BCUT2D eigenvalue weighted by Crippen LogP contribution is -2.38. The minimum absolute atomic E-state index is 0.107. The van der Waals surface area contributed by atoms with E-state index < -0.39 is 0 Å². The molecular formula is C24H31N5O2S. The smallest absolute Gasteiger partial charge is 0.228 e. The van der Waals surface area contributed by atoms with E-state index in [9.17, 15) is 4.79 Å². The van der Waals surface area contributed by atoms with Crippen LogP contribution in [-0.4, -0.2) is 59.1 Å². The summed E-state index contributed by atoms with van der Waals surface area (Å²) in [4.78, 5) is 17.7. The van der Waals surface area contributed by atoms with Gasteiger partial charge in [-0.05, 0) is 31.4 Å². The van der Waals surface area contributed by atoms with Crippen LogP contribution in [0.3, 0.4) is 0 Å². The first-order valence-corrected chi connectivity index (χ1v) is 12.3. The molecule has 1 aromatic carbocycles. The summed E-state index contributed by atoms with van der Waals surface area (Å²) >= 11 is 1.52. The molecule has 1 aliphatic carbocycles. The van der Waals surface area contributed by atoms with Crippen LogP contribution in [0.4, 0.5) is 11.6 Å². The van der Waals surface area contributed by atoms with Crippen molar-refractivity contribution in [3.8, 4) is 0 Å². The molecule has 2 aromatic rings. The van der Waals surface area contributed by atoms with Gasteiger partial charge in [0.05, 0.1) is 18.5 Å². The number of carbonyl (C=O) groups excluding carboxylic acids is 1. The van der Waals surface area contributed by atoms with Gasteiger partial charge in [-0.25, -0.2) is 0 Å². The molecule has 1 aromatic heterocycles. The zero-order valence-electron chi connectivity index (χ0n) is 19.2. The lowest BCUT2D eigenvalue weighted by atomic mass is 9.83. The number of carbonyl (C=O) groups is 1. The normalized spacial score (nSPS) is 22.3. The third-order valence-corrected chi connectivity index (χ3v) is 7.83. The van der Waals surface area contributed by atoms with Crippen molar-refractivity contribution in [1.82, 2.24) is 14.8 Å². The second kappa shape index (κ2) is 8.23. The number of morpholine rings is 1. The molecule has 2 fully saturated rings. The highest BCUT2D eigenvalue weighted by molar-refractivity contribution is 8.00. The molecule has 32 heavy (non-hydrogen) atoms. The third kappa shape index (κ3) is 3.73. The Hall–Kier alpha value is -2.32. The van der Waals surface area contributed by atoms with Crippen LogP contribution in [0.25, 0.3) is 0 Å². The Kier molecular flexibility index (Phi) is 5.53. The highest BCUT2D eigenvalue weighted by Gasteiger charge is 2.39. The molecule has 3 heterocycles. The Bertz CT molecular complexity index is 1050. The van der Waals surface area contributed by atoms with E-state index in [-0.39, 0.29) is 16.4 Å². The highest BCUT2D eigenvalue weighted by atomic mass is 32.2. The van der Waals surface area contributed by atoms with Gasteiger partial charge in [-0.15, -0.1) is 10.2 Å². The van der Waals surface area contributed by atoms with Crippen LogP contribution in [0, 0.1) is 0 Å². The van der Waals surface area contributed by atoms with E-state index in [0.29, 0.717) is 19.3 Å². The van der Waals surface area contributed by atoms with Gasteiger partial charge in [0.1, 0.15) is 0 Å². The second-order valence-corrected chi connectivity index (χ2v) is 10.7. The van der Waals surface area contributed by atoms with Crippen LogP contribution < -0.4 is 9.80 Å². The molecule has 0 bridgehead atoms. The number of likely N-dealkylation sites (N-methyl/N-ethyl adjacent to an activating group) is 1. The van der Waals surface area contributed by atoms with Crippen LogP contribution in [0.15, 0.2) is 41.2 Å². The van der Waals surface area contributed by atoms with E-state index in [2.05, 4.69) is 56.6 Å². The SMILES string of the molecule is CC(Sc1nnc(N2CCOCC2)n1C1CC1)C(=O)C=C1N(C)c2ccccc2C1(C)C. The van der Waals surface area contributed by atoms with Gasteiger partial charge in [-0.1, -0.05) is 43.8 Å². The van der Waals surface area contributed by atoms with E-state index in [1.165, 1.54) is 23.0 Å². The van der Waals surface area contributed by atoms with Crippen LogP contribution in [0.1, 0.15) is 45.2 Å². The zero-order chi connectivity index (χ0) is 22.5. The average molecular weight is 454 g/mol. The van der Waals surface area contributed by atoms with Crippen molar-refractivity contribution in [3.05, 3.63) is 41.6 Å². The molecule has 5 rings (SSSR count). The number of anilines is 2. The summed E-state index contributed by atoms with van der Waals surface area (Å²) in [6, 6.07) is 8.83. The molecule has 0 amide bonds. The van der Waals surface area contributed by atoms with Gasteiger partial charge in [-0.2, -0.15) is 0 Å². The van der Waals surface area contributed by atoms with Gasteiger partial charge in [0.25, 0.3) is 0 Å². The maximum absolute atomic E-state index is 13.3. The van der Waals surface area contributed by atoms with Gasteiger partial charge in [0.2, 0.25) is 5.95 Å². The summed E-state index contributed by atoms with van der Waals surface area (Å²) in [6.45, 7) is 9.44. The molecule has 1 atom stereocenters. The zero-order valence-corrected chi connectivity index (χ0v) is 20.1. The third-order valence-electron chi connectivity index (χ3n) is 6.75. The molecule has 1 saturated carbocycles. The number of ketones is 1. The fraction of sp³-hybridized carbons (Fsp3) is 0.542. The Morgan fingerprint density at radius 1 is 1.22 bits per heavy atom. The lowest BCUT2D eigenvalue weighted by Gasteiger charge is -2.28. The van der Waals surface area contributed by atoms with Crippen LogP contribution >= 0.6 is 11.8 Å². The largest absolute Gasteiger partial charge is 0.378 e. The summed E-state index contributed by atoms with van der Waals surface area (Å²) < 4.78 is 7.74. The van der Waals surface area contributed by atoms with E-state index in [4.69, 9.17) is 4.74 Å². The standard InChI is InChI=1S/C24H31N5O2S/c1-16(20(30)15-21-24(2,3)18-7-5-6-8-19(18)27(21)4)32-23-26-25-22(29(23)17-9-10-17)28-11-13-31-14-12-28/h5-8,15-17H,9-14H2,1-4H3. The fourth-order valence-electron chi connectivity index (χ4n) is 4.71. The molecule has 0 radical (unpaired) electrons. The summed E-state index contributed by atoms with van der Waals surface area (Å²) in [5.41, 5.74) is 3.25. The molecule has 8 heteroatoms. The first kappa shape index (κ1) is 21.5. The monoisotopic (exact) mass is 453 g/mol. The highest BCUT2D eigenvalue weighted by Crippen LogP contribution is 2.47. The van der Waals surface area contributed by atoms with Gasteiger partial charge in [0.15, 0.2) is 10.9 Å². The Morgan fingerprint density at radius 2 is 1.94 bits per heavy atom. The number of hydrogen-bond acceptors (Lipinski definition) is 7. The fourth-order valence-corrected chi connectivity index (χ4v) is 5.64. The summed E-state index contributed by atoms with van der Waals surface area (Å²) in [5, 5.41) is 9.60. The maximum Gasteiger partial charge on any atom is 0.228 e. The number of benzene rings is 1. The van der Waals surface area contributed by atoms with Crippen molar-refractivity contribution in [3.63, 3.8) is 0 Å². The van der Waals surface area contributed by atoms with E-state index in [1.54, 1.807) is 0 Å². The lowest BCUT2D eigenvalue weighted by molar-refractivity contribution is -0.114. The predicted molar refractivity (Wildman–Crippen MR) is 128 cm³/mol. The summed E-state index contributed by atoms with van der Waals surface area (Å²) in [6.07, 6.45) is 4.12. The van der Waals surface area contributed by atoms with Crippen LogP contribution in [-0.2, 0) is 14.9 Å². The van der Waals surface area contributed by atoms with Gasteiger partial charge < -0.3 is 14.5 Å². The number of hydrogen-bond donors (Lipinski definition) is 0. The van der Waals surface area contributed by atoms with Gasteiger partial charge in [-0.3, -0.25) is 9.36 Å². The van der Waals surface area contributed by atoms with Crippen molar-refractivity contribution in [2.45, 2.75) is 55.5 Å². The number of allylic oxidation sites excluding steroid dienone is 2. The number of thioether (sulfide) groups is 1. The minimum Gasteiger partial charge on any atom is -0.378 e. The van der Waals surface area contributed by atoms with E-state index in [0.717, 1.165) is 42.7 Å². The summed E-state index contributed by atoms with van der Waals surface area (Å²) in [5.74, 6) is 1.03. The molecule has 170 valence electrons. The molecule has 1 saturated heterocycles. The van der Waals surface area contributed by atoms with Crippen LogP contribution in [0.2, 0.25) is 0 Å². The molecular weight excluding hydrogens is 422 g/mol. The number of nitrogens with zero attached hydrogens (tertiary/aromatic N) is 5. The maximum atomic E-state index is 13.3. The van der Waals surface area contributed by atoms with Gasteiger partial charge >= 0.3 is 0 Å². The quantitative estimate of drug-likeness (QED) is 0.487. The second-order valence-electron chi connectivity index (χ2n) is 9.38. The van der Waals surface area contributed by atoms with Crippen molar-refractivity contribution < 1.29 is 9.53 Å². The van der Waals surface area contributed by atoms with E-state index >= 15 is 0 Å². The topological polar surface area (TPSA) is 63.5 Å². The summed E-state index contributed by atoms with van der Waals surface area (Å²) in [7, 11) is 2.04. The van der Waals surface area contributed by atoms with Crippen molar-refractivity contribution in [1.29, 1.82) is 0 Å². The Balaban J connectivity index is 1.36. The first-order valence-electron chi connectivity index (χ1n) is 11.4. The van der Waals surface area contributed by atoms with Gasteiger partial charge in [0, 0.05) is 49.1 Å². The number of rotatable bonds is 6. The molecule has 0 spiro atoms. The number of fused-ring (bicyclic) bond motifs is 1. The molecule has 1 unspecified atom stereocenters. The van der Waals surface area contributed by atoms with Crippen molar-refractivity contribution in [2.24, 2.45) is 0 Å². The molecule has 7 nitrogen and oxygen atoms in total. The van der Waals surface area contributed by atoms with E-state index in [1.807, 2.05) is 26.1 Å². The first-order chi connectivity index (χ1) is 15.4. The molecule has 3 aliphatic rings. The van der Waals surface area contributed by atoms with Crippen molar-refractivity contribution >= 4 is 29.2 Å². The number of ether oxygens (including phenoxy) is 1. The Labute approximate surface area is 193 Å². The Morgan fingerprint density at radius 3 is 2.62 bits per heavy atom. The predicted octanol–water partition coefficient (Wildman–Crippen LogP) is 3.81. The number of aromatic nitrogens is 3. The average Bonchev–Trinajstić information content (AvgIpc) is 3.53. The molecule has 2 aliphatic heterocycles. The van der Waals surface area contributed by atoms with Crippen molar-refractivity contribution in [2.75, 3.05) is 43.2 Å². The molecule has 0 N–H and O–H groups in total.